The van der Waals surface area contributed by atoms with Crippen LogP contribution in [0.4, 0.5) is 20.1 Å². The Hall–Kier alpha value is -4.12. The van der Waals surface area contributed by atoms with E-state index in [-0.39, 0.29) is 40.7 Å². The largest absolute Gasteiger partial charge is 0.510 e. The summed E-state index contributed by atoms with van der Waals surface area (Å²) in [4.78, 5) is 78.6. The number of benzene rings is 1. The molecule has 338 valence electrons. The topological polar surface area (TPSA) is 201 Å². The molecule has 17 heteroatoms. The lowest BCUT2D eigenvalue weighted by molar-refractivity contribution is -0.991. The van der Waals surface area contributed by atoms with Crippen molar-refractivity contribution in [3.05, 3.63) is 40.4 Å². The highest BCUT2D eigenvalue weighted by atomic mass is 35.5. The Kier molecular flexibility index (Phi) is 11.9. The van der Waals surface area contributed by atoms with Gasteiger partial charge in [-0.1, -0.05) is 43.7 Å². The number of hydrogen-bond acceptors (Lipinski definition) is 13. The monoisotopic (exact) mass is 875 g/mol. The first-order valence-electron chi connectivity index (χ1n) is 21.0. The highest BCUT2D eigenvalue weighted by Crippen LogP contribution is 2.69. The van der Waals surface area contributed by atoms with Gasteiger partial charge in [0, 0.05) is 38.0 Å². The number of carboxylic acids is 1. The van der Waals surface area contributed by atoms with E-state index < -0.39 is 99.2 Å². The van der Waals surface area contributed by atoms with Crippen molar-refractivity contribution in [2.75, 3.05) is 25.8 Å². The Morgan fingerprint density at radius 3 is 2.26 bits per heavy atom. The normalized spacial score (nSPS) is 35.0. The Morgan fingerprint density at radius 1 is 1.10 bits per heavy atom. The molecule has 0 aromatic heterocycles. The van der Waals surface area contributed by atoms with Gasteiger partial charge >= 0.3 is 24.2 Å². The number of carboxylic acid groups (broad SMARTS) is 2. The molecule has 2 N–H and O–H groups in total. The summed E-state index contributed by atoms with van der Waals surface area (Å²) in [5, 5.41) is 42.4. The predicted octanol–water partition coefficient (Wildman–Crippen LogP) is 6.15. The number of quaternary nitrogens is 1. The first-order valence-corrected chi connectivity index (χ1v) is 21.4. The third-order valence-corrected chi connectivity index (χ3v) is 14.4. The molecule has 0 bridgehead atoms. The summed E-state index contributed by atoms with van der Waals surface area (Å²) in [6.45, 7) is 16.2. The number of fused-ring (bicyclic) bond motifs is 4. The van der Waals surface area contributed by atoms with Crippen LogP contribution in [-0.2, 0) is 39.0 Å². The van der Waals surface area contributed by atoms with Crippen molar-refractivity contribution in [2.45, 2.75) is 148 Å². The molecule has 1 saturated heterocycles. The van der Waals surface area contributed by atoms with E-state index in [9.17, 15) is 34.5 Å². The van der Waals surface area contributed by atoms with Crippen molar-refractivity contribution in [3.63, 3.8) is 0 Å². The van der Waals surface area contributed by atoms with E-state index in [1.165, 1.54) is 40.0 Å². The van der Waals surface area contributed by atoms with E-state index in [1.807, 2.05) is 13.0 Å². The molecule has 2 saturated carbocycles. The van der Waals surface area contributed by atoms with E-state index in [2.05, 4.69) is 0 Å². The maximum absolute atomic E-state index is 15.2. The van der Waals surface area contributed by atoms with E-state index >= 15 is 4.79 Å². The van der Waals surface area contributed by atoms with Gasteiger partial charge in [-0.05, 0) is 104 Å². The number of para-hydroxylation sites is 1. The number of amides is 2. The summed E-state index contributed by atoms with van der Waals surface area (Å²) in [5.41, 5.74) is -9.34. The number of halogens is 1. The molecule has 2 heterocycles. The molecule has 16 nitrogen and oxygen atoms in total. The van der Waals surface area contributed by atoms with Crippen LogP contribution in [0, 0.1) is 29.6 Å². The zero-order valence-corrected chi connectivity index (χ0v) is 38.0. The molecule has 6 rings (SSSR count). The van der Waals surface area contributed by atoms with Gasteiger partial charge in [-0.3, -0.25) is 4.79 Å². The third kappa shape index (κ3) is 7.03. The van der Waals surface area contributed by atoms with Crippen molar-refractivity contribution in [3.8, 4) is 0 Å². The fourth-order valence-electron chi connectivity index (χ4n) is 11.7. The second kappa shape index (κ2) is 15.6. The van der Waals surface area contributed by atoms with Crippen molar-refractivity contribution < 1.29 is 67.6 Å². The van der Waals surface area contributed by atoms with Crippen LogP contribution in [0.3, 0.4) is 0 Å². The Bertz CT molecular complexity index is 1990. The Morgan fingerprint density at radius 2 is 1.74 bits per heavy atom. The number of rotatable bonds is 8. The molecule has 61 heavy (non-hydrogen) atoms. The molecule has 0 radical (unpaired) electrons. The lowest BCUT2D eigenvalue weighted by Gasteiger charge is -2.64. The highest BCUT2D eigenvalue weighted by Gasteiger charge is 2.88. The second-order valence-electron chi connectivity index (χ2n) is 19.9. The number of ether oxygens (including phenoxy) is 4. The van der Waals surface area contributed by atoms with Crippen molar-refractivity contribution in [2.24, 2.45) is 29.6 Å². The number of anilines is 1. The number of likely N-dealkylation sites (tertiary alicyclic amines) is 1. The van der Waals surface area contributed by atoms with E-state index in [1.54, 1.807) is 57.7 Å². The number of hydrogen-bond donors (Lipinski definition) is 2. The molecule has 0 spiro atoms. The quantitative estimate of drug-likeness (QED) is 0.130. The second-order valence-corrected chi connectivity index (χ2v) is 20.3. The van der Waals surface area contributed by atoms with Crippen LogP contribution in [-0.4, -0.2) is 111 Å². The van der Waals surface area contributed by atoms with Gasteiger partial charge in [0.05, 0.1) is 41.3 Å². The number of carbonyl (C=O) groups excluding carboxylic acids is 4. The molecule has 2 amide bonds. The van der Waals surface area contributed by atoms with Gasteiger partial charge in [-0.2, -0.15) is 0 Å². The maximum Gasteiger partial charge on any atom is 0.510 e. The minimum absolute atomic E-state index is 0.00147. The van der Waals surface area contributed by atoms with Gasteiger partial charge < -0.3 is 44.0 Å². The Balaban J connectivity index is 1.71. The molecular weight excluding hydrogens is 814 g/mol. The molecule has 2 unspecified atom stereocenters. The lowest BCUT2D eigenvalue weighted by Crippen LogP contribution is -2.86. The highest BCUT2D eigenvalue weighted by molar-refractivity contribution is 6.33. The molecule has 3 fully saturated rings. The van der Waals surface area contributed by atoms with Crippen LogP contribution in [0.2, 0.25) is 5.02 Å². The number of nitrogens with zero attached hydrogens (tertiary/aromatic N) is 3. The smallest absolute Gasteiger partial charge is 0.498 e. The fraction of sp³-hybridized carbons (Fsp3) is 0.705. The van der Waals surface area contributed by atoms with Crippen LogP contribution in [0.5, 0.6) is 0 Å². The van der Waals surface area contributed by atoms with Gasteiger partial charge in [0.15, 0.2) is 0 Å². The van der Waals surface area contributed by atoms with Crippen LogP contribution >= 0.6 is 11.6 Å². The number of aliphatic carboxylic acids is 1. The first kappa shape index (κ1) is 46.4. The van der Waals surface area contributed by atoms with Gasteiger partial charge in [-0.15, -0.1) is 0 Å². The molecule has 11 atom stereocenters. The molecule has 1 aromatic carbocycles. The zero-order chi connectivity index (χ0) is 45.6. The number of carbonyl (C=O) groups is 5. The number of hydroxylamine groups is 1. The molecular formula is C44H62ClN3O13. The van der Waals surface area contributed by atoms with Gasteiger partial charge in [0.25, 0.3) is 12.3 Å². The summed E-state index contributed by atoms with van der Waals surface area (Å²) in [6, 6.07) is 4.68. The molecule has 5 aliphatic rings. The summed E-state index contributed by atoms with van der Waals surface area (Å²) >= 11 is 6.82. The van der Waals surface area contributed by atoms with E-state index in [0.29, 0.717) is 18.4 Å². The van der Waals surface area contributed by atoms with Crippen LogP contribution < -0.4 is 10.2 Å². The summed E-state index contributed by atoms with van der Waals surface area (Å²) in [7, 11) is 2.80. The minimum atomic E-state index is -2.79. The zero-order valence-electron chi connectivity index (χ0n) is 37.3. The fourth-order valence-corrected chi connectivity index (χ4v) is 12.0. The van der Waals surface area contributed by atoms with Crippen LogP contribution in [0.15, 0.2) is 29.8 Å². The third-order valence-electron chi connectivity index (χ3n) is 14.1. The SMILES string of the molecule is COC(=O)N(CC(C)[C@@H]1CC[C@@H](C)[C@@]2(O)[C@@H]1C=C(C)[C@H](OC(C)=O)[C@@H]2[C@]1(C(=O)O)C[C@@]2(OC(=O)OC(C)(C)C)c3cccc(Cl)c3N(C)O[C@H]2[N+]1(C(=O)[O-])C(C)(C)C)C1CC1. The minimum Gasteiger partial charge on any atom is -0.498 e. The van der Waals surface area contributed by atoms with Crippen molar-refractivity contribution in [1.82, 2.24) is 4.90 Å². The van der Waals surface area contributed by atoms with Gasteiger partial charge in [0.1, 0.15) is 11.7 Å². The predicted molar refractivity (Wildman–Crippen MR) is 219 cm³/mol. The Labute approximate surface area is 362 Å². The average Bonchev–Trinajstić information content (AvgIpc) is 3.93. The molecule has 3 aliphatic carbocycles. The number of aliphatic hydroxyl groups is 1. The molecule has 2 aliphatic heterocycles. The van der Waals surface area contributed by atoms with Crippen molar-refractivity contribution in [1.29, 1.82) is 0 Å². The van der Waals surface area contributed by atoms with Gasteiger partial charge in [-0.25, -0.2) is 28.8 Å². The van der Waals surface area contributed by atoms with E-state index in [4.69, 9.17) is 35.4 Å². The average molecular weight is 876 g/mol. The van der Waals surface area contributed by atoms with Gasteiger partial charge in [0.2, 0.25) is 11.1 Å². The number of esters is 1. The molecule has 1 aromatic rings. The maximum atomic E-state index is 15.2. The first-order chi connectivity index (χ1) is 28.2. The van der Waals surface area contributed by atoms with Crippen LogP contribution in [0.1, 0.15) is 107 Å². The van der Waals surface area contributed by atoms with E-state index in [0.717, 1.165) is 19.8 Å². The number of methoxy groups -OCH3 is 1. The lowest BCUT2D eigenvalue weighted by atomic mass is 9.48. The summed E-state index contributed by atoms with van der Waals surface area (Å²) in [5.74, 6) is -6.49. The van der Waals surface area contributed by atoms with Crippen LogP contribution in [0.25, 0.3) is 0 Å². The summed E-state index contributed by atoms with van der Waals surface area (Å²) < 4.78 is 21.8. The van der Waals surface area contributed by atoms with Crippen molar-refractivity contribution >= 4 is 47.6 Å². The standard InChI is InChI=1S/C44H62ClN3O13/c1-23-20-30-28(24(2)21-47(27-17-18-27)37(52)57-12)19-16-25(3)44(30,56)34(33(23)58-26(4)49)42(36(50)51)22-43(60-39(55)59-41(8,9)10)29-14-13-15-31(45)32(29)46(11)61-35(43)48(42,38(53)54)40(5,6)7/h13-15,20,24-25,27-28,30,33-35,56H,16-19,21-22H2,1-12H3,(H-,50,51,53,54)/t24?,25-,28+,30-,33+,34-,35-,42+,43-,44-,48?/m1/s1. The summed E-state index contributed by atoms with van der Waals surface area (Å²) in [6.07, 6.45) is -3.53.